The predicted octanol–water partition coefficient (Wildman–Crippen LogP) is 2.47. The summed E-state index contributed by atoms with van der Waals surface area (Å²) >= 11 is 0. The van der Waals surface area contributed by atoms with Crippen LogP contribution in [0.15, 0.2) is 30.3 Å². The highest BCUT2D eigenvalue weighted by Crippen LogP contribution is 2.18. The predicted molar refractivity (Wildman–Crippen MR) is 52.3 cm³/mol. The Kier molecular flexibility index (Phi) is 1.79. The number of fused-ring (bicyclic) bond motifs is 1. The average Bonchev–Trinajstić information content (AvgIpc) is 2.44. The molecule has 1 heterocycles. The lowest BCUT2D eigenvalue weighted by molar-refractivity contribution is 0.838. The van der Waals surface area contributed by atoms with Crippen molar-refractivity contribution in [2.75, 3.05) is 0 Å². The number of benzene rings is 1. The third kappa shape index (κ3) is 1.19. The summed E-state index contributed by atoms with van der Waals surface area (Å²) in [6, 6.07) is 12.4. The third-order valence-corrected chi connectivity index (χ3v) is 2.25. The van der Waals surface area contributed by atoms with Crippen molar-refractivity contribution in [1.29, 1.82) is 5.26 Å². The zero-order valence-corrected chi connectivity index (χ0v) is 7.49. The molecular weight excluding hydrogens is 160 g/mol. The molecule has 0 atom stereocenters. The highest BCUT2D eigenvalue weighted by molar-refractivity contribution is 5.81. The van der Waals surface area contributed by atoms with E-state index in [1.54, 1.807) is 0 Å². The zero-order chi connectivity index (χ0) is 9.26. The molecule has 0 fully saturated rings. The van der Waals surface area contributed by atoms with Crippen molar-refractivity contribution in [2.24, 2.45) is 0 Å². The van der Waals surface area contributed by atoms with Crippen LogP contribution in [0.3, 0.4) is 0 Å². The third-order valence-electron chi connectivity index (χ3n) is 2.25. The molecule has 2 heteroatoms. The lowest BCUT2D eigenvalue weighted by Gasteiger charge is -2.00. The topological polar surface area (TPSA) is 28.7 Å². The summed E-state index contributed by atoms with van der Waals surface area (Å²) in [5, 5.41) is 9.86. The van der Waals surface area contributed by atoms with Crippen LogP contribution in [-0.4, -0.2) is 4.57 Å². The van der Waals surface area contributed by atoms with Gasteiger partial charge in [-0.3, -0.25) is 0 Å². The van der Waals surface area contributed by atoms with Crippen molar-refractivity contribution >= 4 is 10.9 Å². The van der Waals surface area contributed by atoms with Gasteiger partial charge in [0.25, 0.3) is 0 Å². The van der Waals surface area contributed by atoms with Crippen LogP contribution in [0.5, 0.6) is 0 Å². The maximum Gasteiger partial charge on any atom is 0.110 e. The first kappa shape index (κ1) is 7.88. The smallest absolute Gasteiger partial charge is 0.110 e. The summed E-state index contributed by atoms with van der Waals surface area (Å²) in [5.41, 5.74) is 2.28. The molecule has 0 bridgehead atoms. The number of para-hydroxylation sites is 1. The minimum absolute atomic E-state index is 0.430. The molecule has 0 spiro atoms. The molecular formula is C11H10N2. The van der Waals surface area contributed by atoms with E-state index in [2.05, 4.69) is 18.2 Å². The number of aryl methyl sites for hydroxylation is 1. The van der Waals surface area contributed by atoms with Crippen LogP contribution in [0.2, 0.25) is 0 Å². The Morgan fingerprint density at radius 1 is 1.38 bits per heavy atom. The minimum Gasteiger partial charge on any atom is -0.331 e. The monoisotopic (exact) mass is 170 g/mol. The molecule has 1 aromatic carbocycles. The van der Waals surface area contributed by atoms with E-state index in [-0.39, 0.29) is 0 Å². The molecule has 0 unspecified atom stereocenters. The molecule has 0 aliphatic heterocycles. The van der Waals surface area contributed by atoms with Gasteiger partial charge in [0.2, 0.25) is 0 Å². The van der Waals surface area contributed by atoms with Crippen molar-refractivity contribution in [1.82, 2.24) is 4.57 Å². The number of rotatable bonds is 1. The van der Waals surface area contributed by atoms with E-state index >= 15 is 0 Å². The van der Waals surface area contributed by atoms with E-state index < -0.39 is 0 Å². The maximum atomic E-state index is 8.65. The summed E-state index contributed by atoms with van der Waals surface area (Å²) in [7, 11) is 0. The first-order valence-corrected chi connectivity index (χ1v) is 4.25. The van der Waals surface area contributed by atoms with Gasteiger partial charge in [-0.2, -0.15) is 5.26 Å². The average molecular weight is 170 g/mol. The summed E-state index contributed by atoms with van der Waals surface area (Å²) in [6.45, 7) is 2.46. The zero-order valence-electron chi connectivity index (χ0n) is 7.49. The van der Waals surface area contributed by atoms with Gasteiger partial charge in [-0.25, -0.2) is 0 Å². The number of nitriles is 1. The van der Waals surface area contributed by atoms with Crippen molar-refractivity contribution in [3.8, 4) is 6.07 Å². The standard InChI is InChI=1S/C11H10N2/c1-9-8-10-4-2-3-5-11(10)13(9)7-6-12/h2-5,8H,7H2,1H3. The normalized spacial score (nSPS) is 10.2. The fourth-order valence-corrected chi connectivity index (χ4v) is 1.63. The quantitative estimate of drug-likeness (QED) is 0.646. The van der Waals surface area contributed by atoms with Gasteiger partial charge in [-0.15, -0.1) is 0 Å². The molecule has 1 aromatic heterocycles. The van der Waals surface area contributed by atoms with Gasteiger partial charge in [0, 0.05) is 11.2 Å². The molecule has 0 saturated carbocycles. The largest absolute Gasteiger partial charge is 0.331 e. The Morgan fingerprint density at radius 2 is 2.15 bits per heavy atom. The van der Waals surface area contributed by atoms with E-state index in [1.165, 1.54) is 5.39 Å². The Labute approximate surface area is 77.0 Å². The second-order valence-corrected chi connectivity index (χ2v) is 3.09. The summed E-state index contributed by atoms with van der Waals surface area (Å²) in [5.74, 6) is 0. The van der Waals surface area contributed by atoms with E-state index in [0.29, 0.717) is 6.54 Å². The van der Waals surface area contributed by atoms with Crippen LogP contribution in [0.4, 0.5) is 0 Å². The van der Waals surface area contributed by atoms with Crippen molar-refractivity contribution in [3.05, 3.63) is 36.0 Å². The lowest BCUT2D eigenvalue weighted by atomic mass is 10.2. The number of hydrogen-bond acceptors (Lipinski definition) is 1. The highest BCUT2D eigenvalue weighted by atomic mass is 15.0. The number of aromatic nitrogens is 1. The molecule has 64 valence electrons. The van der Waals surface area contributed by atoms with Gasteiger partial charge in [0.15, 0.2) is 0 Å². The van der Waals surface area contributed by atoms with Crippen molar-refractivity contribution in [2.45, 2.75) is 13.5 Å². The fourth-order valence-electron chi connectivity index (χ4n) is 1.63. The van der Waals surface area contributed by atoms with Crippen LogP contribution in [0.1, 0.15) is 5.69 Å². The SMILES string of the molecule is Cc1cc2ccccc2n1CC#N. The second kappa shape index (κ2) is 2.95. The van der Waals surface area contributed by atoms with Crippen LogP contribution in [0, 0.1) is 18.3 Å². The van der Waals surface area contributed by atoms with E-state index in [9.17, 15) is 0 Å². The molecule has 0 aliphatic carbocycles. The molecule has 0 amide bonds. The molecule has 0 aliphatic rings. The van der Waals surface area contributed by atoms with Crippen LogP contribution in [0.25, 0.3) is 10.9 Å². The van der Waals surface area contributed by atoms with Gasteiger partial charge >= 0.3 is 0 Å². The van der Waals surface area contributed by atoms with E-state index in [1.807, 2.05) is 29.7 Å². The minimum atomic E-state index is 0.430. The van der Waals surface area contributed by atoms with Gasteiger partial charge in [0.1, 0.15) is 6.54 Å². The lowest BCUT2D eigenvalue weighted by Crippen LogP contribution is -1.96. The first-order valence-electron chi connectivity index (χ1n) is 4.25. The van der Waals surface area contributed by atoms with Crippen molar-refractivity contribution in [3.63, 3.8) is 0 Å². The summed E-state index contributed by atoms with van der Waals surface area (Å²) in [4.78, 5) is 0. The second-order valence-electron chi connectivity index (χ2n) is 3.09. The van der Waals surface area contributed by atoms with Crippen molar-refractivity contribution < 1.29 is 0 Å². The van der Waals surface area contributed by atoms with E-state index in [4.69, 9.17) is 5.26 Å². The molecule has 0 radical (unpaired) electrons. The van der Waals surface area contributed by atoms with Crippen LogP contribution >= 0.6 is 0 Å². The Bertz CT molecular complexity index is 474. The summed E-state index contributed by atoms with van der Waals surface area (Å²) < 4.78 is 2.02. The van der Waals surface area contributed by atoms with Gasteiger partial charge in [0.05, 0.1) is 6.07 Å². The van der Waals surface area contributed by atoms with E-state index in [0.717, 1.165) is 11.2 Å². The molecule has 13 heavy (non-hydrogen) atoms. The highest BCUT2D eigenvalue weighted by Gasteiger charge is 2.02. The van der Waals surface area contributed by atoms with Gasteiger partial charge in [-0.05, 0) is 24.4 Å². The molecule has 2 rings (SSSR count). The van der Waals surface area contributed by atoms with Gasteiger partial charge in [-0.1, -0.05) is 18.2 Å². The maximum absolute atomic E-state index is 8.65. The van der Waals surface area contributed by atoms with Crippen LogP contribution in [-0.2, 0) is 6.54 Å². The fraction of sp³-hybridized carbons (Fsp3) is 0.182. The number of nitrogens with zero attached hydrogens (tertiary/aromatic N) is 2. The Balaban J connectivity index is 2.73. The Morgan fingerprint density at radius 3 is 2.92 bits per heavy atom. The summed E-state index contributed by atoms with van der Waals surface area (Å²) in [6.07, 6.45) is 0. The number of hydrogen-bond donors (Lipinski definition) is 0. The molecule has 0 saturated heterocycles. The van der Waals surface area contributed by atoms with Crippen LogP contribution < -0.4 is 0 Å². The van der Waals surface area contributed by atoms with Gasteiger partial charge < -0.3 is 4.57 Å². The first-order chi connectivity index (χ1) is 6.33. The molecule has 0 N–H and O–H groups in total. The Hall–Kier alpha value is -1.75. The molecule has 2 nitrogen and oxygen atoms in total. The molecule has 2 aromatic rings.